The lowest BCUT2D eigenvalue weighted by Crippen LogP contribution is -2.31. The van der Waals surface area contributed by atoms with Crippen molar-refractivity contribution in [2.45, 2.75) is 18.9 Å². The van der Waals surface area contributed by atoms with Gasteiger partial charge in [0.15, 0.2) is 5.82 Å². The van der Waals surface area contributed by atoms with Crippen LogP contribution < -0.4 is 0 Å². The van der Waals surface area contributed by atoms with Crippen molar-refractivity contribution in [1.29, 1.82) is 0 Å². The predicted molar refractivity (Wildman–Crippen MR) is 112 cm³/mol. The molecule has 1 atom stereocenters. The molecule has 0 saturated carbocycles. The molecule has 0 aliphatic carbocycles. The van der Waals surface area contributed by atoms with E-state index in [1.807, 2.05) is 53.4 Å². The smallest absolute Gasteiger partial charge is 0.254 e. The Balaban J connectivity index is 1.45. The third kappa shape index (κ3) is 3.36. The van der Waals surface area contributed by atoms with Crippen LogP contribution >= 0.6 is 11.6 Å². The summed E-state index contributed by atoms with van der Waals surface area (Å²) in [5.41, 5.74) is 4.12. The molecular weight excluding hydrogens is 386 g/mol. The number of aromatic nitrogens is 4. The number of rotatable bonds is 3. The van der Waals surface area contributed by atoms with Gasteiger partial charge in [0.05, 0.1) is 29.1 Å². The molecule has 2 aromatic heterocycles. The Bertz CT molecular complexity index is 1190. The number of benzene rings is 2. The first-order valence-electron chi connectivity index (χ1n) is 9.52. The van der Waals surface area contributed by atoms with E-state index < -0.39 is 0 Å². The molecule has 4 aromatic rings. The van der Waals surface area contributed by atoms with Gasteiger partial charge in [-0.3, -0.25) is 4.79 Å². The van der Waals surface area contributed by atoms with Gasteiger partial charge in [0.2, 0.25) is 0 Å². The minimum Gasteiger partial charge on any atom is -0.345 e. The molecule has 29 heavy (non-hydrogen) atoms. The molecule has 0 bridgehead atoms. The number of aromatic amines is 1. The summed E-state index contributed by atoms with van der Waals surface area (Å²) in [7, 11) is 0. The largest absolute Gasteiger partial charge is 0.345 e. The zero-order valence-electron chi connectivity index (χ0n) is 15.5. The first kappa shape index (κ1) is 17.8. The van der Waals surface area contributed by atoms with E-state index in [2.05, 4.69) is 15.0 Å². The zero-order chi connectivity index (χ0) is 19.8. The highest BCUT2D eigenvalue weighted by atomic mass is 35.5. The van der Waals surface area contributed by atoms with Crippen molar-refractivity contribution in [2.75, 3.05) is 6.54 Å². The highest BCUT2D eigenvalue weighted by molar-refractivity contribution is 6.30. The summed E-state index contributed by atoms with van der Waals surface area (Å²) in [6.45, 7) is 0.713. The van der Waals surface area contributed by atoms with Crippen LogP contribution in [0.1, 0.15) is 34.9 Å². The number of hydrogen-bond acceptors (Lipinski definition) is 4. The van der Waals surface area contributed by atoms with E-state index in [1.165, 1.54) is 0 Å². The maximum atomic E-state index is 13.2. The monoisotopic (exact) mass is 403 g/mol. The topological polar surface area (TPSA) is 74.8 Å². The fraction of sp³-hybridized carbons (Fsp3) is 0.182. The van der Waals surface area contributed by atoms with Crippen molar-refractivity contribution < 1.29 is 4.79 Å². The Morgan fingerprint density at radius 2 is 1.97 bits per heavy atom. The molecule has 1 fully saturated rings. The van der Waals surface area contributed by atoms with E-state index >= 15 is 0 Å². The number of likely N-dealkylation sites (tertiary alicyclic amines) is 1. The van der Waals surface area contributed by atoms with Crippen LogP contribution in [0.15, 0.2) is 61.1 Å². The lowest BCUT2D eigenvalue weighted by molar-refractivity contribution is 0.0733. The van der Waals surface area contributed by atoms with Gasteiger partial charge in [-0.1, -0.05) is 11.6 Å². The number of carbonyl (C=O) groups excluding carboxylic acids is 1. The third-order valence-corrected chi connectivity index (χ3v) is 5.55. The molecule has 0 radical (unpaired) electrons. The van der Waals surface area contributed by atoms with Gasteiger partial charge in [0.25, 0.3) is 5.91 Å². The number of carbonyl (C=O) groups is 1. The van der Waals surface area contributed by atoms with Gasteiger partial charge >= 0.3 is 0 Å². The minimum atomic E-state index is -0.0611. The Hall–Kier alpha value is -3.25. The molecule has 1 N–H and O–H groups in total. The molecule has 0 unspecified atom stereocenters. The number of nitrogens with zero attached hydrogens (tertiary/aromatic N) is 4. The van der Waals surface area contributed by atoms with E-state index in [9.17, 15) is 4.79 Å². The number of H-pyrrole nitrogens is 1. The van der Waals surface area contributed by atoms with E-state index in [0.29, 0.717) is 23.0 Å². The lowest BCUT2D eigenvalue weighted by atomic mass is 10.1. The average molecular weight is 404 g/mol. The Morgan fingerprint density at radius 1 is 1.10 bits per heavy atom. The van der Waals surface area contributed by atoms with E-state index in [-0.39, 0.29) is 11.9 Å². The Labute approximate surface area is 172 Å². The molecule has 1 aliphatic rings. The lowest BCUT2D eigenvalue weighted by Gasteiger charge is -2.24. The van der Waals surface area contributed by atoms with Crippen LogP contribution in [0.2, 0.25) is 5.02 Å². The van der Waals surface area contributed by atoms with Gasteiger partial charge in [0.1, 0.15) is 0 Å². The van der Waals surface area contributed by atoms with Crippen LogP contribution in [-0.2, 0) is 0 Å². The van der Waals surface area contributed by atoms with Crippen LogP contribution in [-0.4, -0.2) is 37.3 Å². The van der Waals surface area contributed by atoms with Gasteiger partial charge in [0, 0.05) is 28.9 Å². The average Bonchev–Trinajstić information content (AvgIpc) is 3.43. The van der Waals surface area contributed by atoms with E-state index in [0.717, 1.165) is 35.1 Å². The predicted octanol–water partition coefficient (Wildman–Crippen LogP) is 4.65. The SMILES string of the molecule is O=C(c1ccc2nc[nH]c2c1)N1CCC[C@@H]1c1ccnc(-c2ccc(Cl)cc2)n1. The molecule has 3 heterocycles. The second kappa shape index (κ2) is 7.29. The number of amides is 1. The van der Waals surface area contributed by atoms with Crippen molar-refractivity contribution in [3.8, 4) is 11.4 Å². The van der Waals surface area contributed by atoms with Crippen LogP contribution in [0.4, 0.5) is 0 Å². The van der Waals surface area contributed by atoms with Crippen LogP contribution in [0.3, 0.4) is 0 Å². The quantitative estimate of drug-likeness (QED) is 0.540. The number of imidazole rings is 1. The normalized spacial score (nSPS) is 16.4. The molecule has 1 aliphatic heterocycles. The van der Waals surface area contributed by atoms with Crippen molar-refractivity contribution in [3.05, 3.63) is 77.3 Å². The first-order chi connectivity index (χ1) is 14.2. The van der Waals surface area contributed by atoms with Crippen molar-refractivity contribution >= 4 is 28.5 Å². The fourth-order valence-corrected chi connectivity index (χ4v) is 3.97. The van der Waals surface area contributed by atoms with Gasteiger partial charge in [-0.25, -0.2) is 15.0 Å². The summed E-state index contributed by atoms with van der Waals surface area (Å²) in [6.07, 6.45) is 5.22. The second-order valence-corrected chi connectivity index (χ2v) is 7.54. The molecule has 0 spiro atoms. The molecule has 5 rings (SSSR count). The molecule has 1 saturated heterocycles. The second-order valence-electron chi connectivity index (χ2n) is 7.10. The number of nitrogens with one attached hydrogen (secondary N) is 1. The zero-order valence-corrected chi connectivity index (χ0v) is 16.3. The number of halogens is 1. The summed E-state index contributed by atoms with van der Waals surface area (Å²) < 4.78 is 0. The Kier molecular flexibility index (Phi) is 4.48. The maximum absolute atomic E-state index is 13.2. The van der Waals surface area contributed by atoms with Crippen LogP contribution in [0, 0.1) is 0 Å². The number of fused-ring (bicyclic) bond motifs is 1. The van der Waals surface area contributed by atoms with Gasteiger partial charge in [-0.15, -0.1) is 0 Å². The highest BCUT2D eigenvalue weighted by Crippen LogP contribution is 2.33. The van der Waals surface area contributed by atoms with Gasteiger partial charge < -0.3 is 9.88 Å². The number of hydrogen-bond donors (Lipinski definition) is 1. The summed E-state index contributed by atoms with van der Waals surface area (Å²) in [5.74, 6) is 0.646. The highest BCUT2D eigenvalue weighted by Gasteiger charge is 2.32. The summed E-state index contributed by atoms with van der Waals surface area (Å²) in [4.78, 5) is 31.6. The van der Waals surface area contributed by atoms with Gasteiger partial charge in [-0.05, 0) is 61.4 Å². The van der Waals surface area contributed by atoms with Crippen molar-refractivity contribution in [1.82, 2.24) is 24.8 Å². The molecule has 144 valence electrons. The summed E-state index contributed by atoms with van der Waals surface area (Å²) in [6, 6.07) is 14.8. The summed E-state index contributed by atoms with van der Waals surface area (Å²) in [5, 5.41) is 0.673. The van der Waals surface area contributed by atoms with E-state index in [1.54, 1.807) is 12.5 Å². The molecule has 2 aromatic carbocycles. The van der Waals surface area contributed by atoms with Crippen molar-refractivity contribution in [3.63, 3.8) is 0 Å². The van der Waals surface area contributed by atoms with Crippen molar-refractivity contribution in [2.24, 2.45) is 0 Å². The third-order valence-electron chi connectivity index (χ3n) is 5.30. The molecule has 6 nitrogen and oxygen atoms in total. The molecule has 1 amide bonds. The standard InChI is InChI=1S/C22H18ClN5O/c23-16-6-3-14(4-7-16)21-24-10-9-18(27-21)20-2-1-11-28(20)22(29)15-5-8-17-19(12-15)26-13-25-17/h3-10,12-13,20H,1-2,11H2,(H,25,26)/t20-/m1/s1. The minimum absolute atomic E-state index is 0.00987. The van der Waals surface area contributed by atoms with Crippen LogP contribution in [0.25, 0.3) is 22.4 Å². The van der Waals surface area contributed by atoms with Gasteiger partial charge in [-0.2, -0.15) is 0 Å². The molecule has 7 heteroatoms. The maximum Gasteiger partial charge on any atom is 0.254 e. The first-order valence-corrected chi connectivity index (χ1v) is 9.90. The Morgan fingerprint density at radius 3 is 2.83 bits per heavy atom. The van der Waals surface area contributed by atoms with Crippen LogP contribution in [0.5, 0.6) is 0 Å². The van der Waals surface area contributed by atoms with E-state index in [4.69, 9.17) is 16.6 Å². The fourth-order valence-electron chi connectivity index (χ4n) is 3.85. The summed E-state index contributed by atoms with van der Waals surface area (Å²) >= 11 is 5.98. The molecular formula is C22H18ClN5O.